The van der Waals surface area contributed by atoms with Gasteiger partial charge < -0.3 is 14.4 Å². The van der Waals surface area contributed by atoms with E-state index in [9.17, 15) is 9.59 Å². The van der Waals surface area contributed by atoms with Crippen LogP contribution >= 0.6 is 11.8 Å². The first-order chi connectivity index (χ1) is 9.11. The molecule has 2 heterocycles. The van der Waals surface area contributed by atoms with Crippen molar-refractivity contribution in [2.75, 3.05) is 26.0 Å². The first-order valence-electron chi connectivity index (χ1n) is 6.52. The molecule has 0 spiro atoms. The van der Waals surface area contributed by atoms with Gasteiger partial charge in [-0.05, 0) is 18.6 Å². The number of methoxy groups -OCH3 is 1. The van der Waals surface area contributed by atoms with Crippen LogP contribution < -0.4 is 0 Å². The van der Waals surface area contributed by atoms with Crippen LogP contribution in [0.25, 0.3) is 0 Å². The summed E-state index contributed by atoms with van der Waals surface area (Å²) in [6.07, 6.45) is 3.81. The number of ether oxygens (including phenoxy) is 2. The van der Waals surface area contributed by atoms with Crippen LogP contribution in [0.3, 0.4) is 0 Å². The third kappa shape index (κ3) is 2.88. The predicted octanol–water partition coefficient (Wildman–Crippen LogP) is 1.54. The van der Waals surface area contributed by atoms with Gasteiger partial charge in [0.2, 0.25) is 4.93 Å². The number of nitrogens with zero attached hydrogens (tertiary/aromatic N) is 1. The summed E-state index contributed by atoms with van der Waals surface area (Å²) in [5, 5.41) is 0. The minimum Gasteiger partial charge on any atom is -0.469 e. The Kier molecular flexibility index (Phi) is 4.39. The molecule has 0 aliphatic carbocycles. The Morgan fingerprint density at radius 1 is 1.53 bits per heavy atom. The highest BCUT2D eigenvalue weighted by Crippen LogP contribution is 2.44. The van der Waals surface area contributed by atoms with Gasteiger partial charge in [0.1, 0.15) is 6.42 Å². The maximum absolute atomic E-state index is 11.7. The van der Waals surface area contributed by atoms with Crippen molar-refractivity contribution in [3.05, 3.63) is 11.8 Å². The summed E-state index contributed by atoms with van der Waals surface area (Å²) in [4.78, 5) is 24.6. The van der Waals surface area contributed by atoms with E-state index in [0.717, 1.165) is 37.4 Å². The molecule has 2 rings (SSSR count). The fourth-order valence-electron chi connectivity index (χ4n) is 2.53. The molecular weight excluding hydrogens is 266 g/mol. The Hall–Kier alpha value is -1.17. The molecule has 2 aliphatic heterocycles. The second-order valence-corrected chi connectivity index (χ2v) is 6.11. The van der Waals surface area contributed by atoms with E-state index in [1.807, 2.05) is 6.92 Å². The van der Waals surface area contributed by atoms with Crippen molar-refractivity contribution in [3.8, 4) is 0 Å². The molecule has 0 amide bonds. The van der Waals surface area contributed by atoms with Gasteiger partial charge in [-0.15, -0.1) is 11.8 Å². The zero-order valence-corrected chi connectivity index (χ0v) is 12.1. The van der Waals surface area contributed by atoms with Gasteiger partial charge in [0.15, 0.2) is 0 Å². The molecule has 0 aromatic heterocycles. The first kappa shape index (κ1) is 14.2. The van der Waals surface area contributed by atoms with Crippen LogP contribution in [0.5, 0.6) is 0 Å². The van der Waals surface area contributed by atoms with Crippen molar-refractivity contribution in [2.24, 2.45) is 0 Å². The Bertz CT molecular complexity index is 403. The van der Waals surface area contributed by atoms with Crippen LogP contribution in [0.1, 0.15) is 26.2 Å². The normalized spacial score (nSPS) is 26.3. The quantitative estimate of drug-likeness (QED) is 0.714. The molecule has 1 atom stereocenters. The SMILES string of the molecule is CCSC1(CC(=O)OC)OC(=O)C=C1N1CCCC1. The summed E-state index contributed by atoms with van der Waals surface area (Å²) in [6.45, 7) is 3.81. The minimum atomic E-state index is -0.900. The van der Waals surface area contributed by atoms with Crippen molar-refractivity contribution >= 4 is 23.7 Å². The van der Waals surface area contributed by atoms with Crippen molar-refractivity contribution in [1.82, 2.24) is 4.90 Å². The molecular formula is C13H19NO4S. The smallest absolute Gasteiger partial charge is 0.334 e. The molecule has 0 aromatic rings. The molecule has 1 fully saturated rings. The number of thioether (sulfide) groups is 1. The van der Waals surface area contributed by atoms with Crippen LogP contribution in [0.15, 0.2) is 11.8 Å². The Morgan fingerprint density at radius 2 is 2.21 bits per heavy atom. The third-order valence-corrected chi connectivity index (χ3v) is 4.53. The van der Waals surface area contributed by atoms with E-state index in [2.05, 4.69) is 4.90 Å². The van der Waals surface area contributed by atoms with Gasteiger partial charge in [0, 0.05) is 19.2 Å². The van der Waals surface area contributed by atoms with Gasteiger partial charge >= 0.3 is 11.9 Å². The molecule has 0 N–H and O–H groups in total. The number of hydrogen-bond acceptors (Lipinski definition) is 6. The van der Waals surface area contributed by atoms with Gasteiger partial charge in [-0.25, -0.2) is 4.79 Å². The molecule has 106 valence electrons. The van der Waals surface area contributed by atoms with Crippen LogP contribution in [0, 0.1) is 0 Å². The summed E-state index contributed by atoms with van der Waals surface area (Å²) >= 11 is 1.47. The zero-order valence-electron chi connectivity index (χ0n) is 11.3. The van der Waals surface area contributed by atoms with Crippen molar-refractivity contribution < 1.29 is 19.1 Å². The van der Waals surface area contributed by atoms with Crippen LogP contribution in [-0.4, -0.2) is 47.7 Å². The standard InChI is InChI=1S/C13H19NO4S/c1-3-19-13(9-12(16)17-2)10(8-11(15)18-13)14-6-4-5-7-14/h8H,3-7,9H2,1-2H3. The highest BCUT2D eigenvalue weighted by molar-refractivity contribution is 8.00. The number of likely N-dealkylation sites (tertiary alicyclic amines) is 1. The summed E-state index contributed by atoms with van der Waals surface area (Å²) in [5.41, 5.74) is 0.826. The second kappa shape index (κ2) is 5.86. The Morgan fingerprint density at radius 3 is 2.79 bits per heavy atom. The lowest BCUT2D eigenvalue weighted by molar-refractivity contribution is -0.148. The number of esters is 2. The fraction of sp³-hybridized carbons (Fsp3) is 0.692. The number of cyclic esters (lactones) is 1. The van der Waals surface area contributed by atoms with Crippen LogP contribution in [0.4, 0.5) is 0 Å². The lowest BCUT2D eigenvalue weighted by Crippen LogP contribution is -2.39. The highest BCUT2D eigenvalue weighted by atomic mass is 32.2. The molecule has 0 aromatic carbocycles. The number of carbonyl (C=O) groups is 2. The number of carbonyl (C=O) groups excluding carboxylic acids is 2. The van der Waals surface area contributed by atoms with Gasteiger partial charge in [-0.3, -0.25) is 4.79 Å². The van der Waals surface area contributed by atoms with Gasteiger partial charge in [-0.2, -0.15) is 0 Å². The fourth-order valence-corrected chi connectivity index (χ4v) is 3.70. The molecule has 1 unspecified atom stereocenters. The van der Waals surface area contributed by atoms with E-state index in [1.165, 1.54) is 24.9 Å². The third-order valence-electron chi connectivity index (χ3n) is 3.34. The minimum absolute atomic E-state index is 0.0656. The predicted molar refractivity (Wildman–Crippen MR) is 72.5 cm³/mol. The molecule has 5 nitrogen and oxygen atoms in total. The second-order valence-electron chi connectivity index (χ2n) is 4.58. The molecule has 19 heavy (non-hydrogen) atoms. The largest absolute Gasteiger partial charge is 0.469 e. The molecule has 2 aliphatic rings. The van der Waals surface area contributed by atoms with E-state index in [4.69, 9.17) is 9.47 Å². The summed E-state index contributed by atoms with van der Waals surface area (Å²) in [7, 11) is 1.35. The molecule has 0 radical (unpaired) electrons. The van der Waals surface area contributed by atoms with Gasteiger partial charge in [-0.1, -0.05) is 6.92 Å². The first-order valence-corrected chi connectivity index (χ1v) is 7.50. The summed E-state index contributed by atoms with van der Waals surface area (Å²) in [5.74, 6) is 0.0302. The van der Waals surface area contributed by atoms with E-state index >= 15 is 0 Å². The summed E-state index contributed by atoms with van der Waals surface area (Å²) in [6, 6.07) is 0. The van der Waals surface area contributed by atoms with Crippen molar-refractivity contribution in [2.45, 2.75) is 31.1 Å². The number of rotatable bonds is 5. The van der Waals surface area contributed by atoms with E-state index in [-0.39, 0.29) is 18.4 Å². The Balaban J connectivity index is 2.26. The maximum Gasteiger partial charge on any atom is 0.334 e. The van der Waals surface area contributed by atoms with Crippen molar-refractivity contribution in [3.63, 3.8) is 0 Å². The summed E-state index contributed by atoms with van der Waals surface area (Å²) < 4.78 is 10.2. The maximum atomic E-state index is 11.7. The van der Waals surface area contributed by atoms with E-state index in [0.29, 0.717) is 0 Å². The monoisotopic (exact) mass is 285 g/mol. The average molecular weight is 285 g/mol. The average Bonchev–Trinajstić information content (AvgIpc) is 2.97. The highest BCUT2D eigenvalue weighted by Gasteiger charge is 2.48. The van der Waals surface area contributed by atoms with Gasteiger partial charge in [0.25, 0.3) is 0 Å². The van der Waals surface area contributed by atoms with Gasteiger partial charge in [0.05, 0.1) is 12.8 Å². The molecule has 0 bridgehead atoms. The van der Waals surface area contributed by atoms with E-state index in [1.54, 1.807) is 0 Å². The molecule has 0 saturated carbocycles. The molecule has 6 heteroatoms. The molecule has 1 saturated heterocycles. The van der Waals surface area contributed by atoms with Crippen molar-refractivity contribution in [1.29, 1.82) is 0 Å². The number of hydrogen-bond donors (Lipinski definition) is 0. The van der Waals surface area contributed by atoms with Crippen LogP contribution in [0.2, 0.25) is 0 Å². The topological polar surface area (TPSA) is 55.8 Å². The van der Waals surface area contributed by atoms with Crippen LogP contribution in [-0.2, 0) is 19.1 Å². The zero-order chi connectivity index (χ0) is 13.9. The lowest BCUT2D eigenvalue weighted by atomic mass is 10.1. The lowest BCUT2D eigenvalue weighted by Gasteiger charge is -2.34. The van der Waals surface area contributed by atoms with E-state index < -0.39 is 4.93 Å². The Labute approximate surface area is 117 Å².